The highest BCUT2D eigenvalue weighted by Crippen LogP contribution is 2.09. The molecule has 17 heavy (non-hydrogen) atoms. The Morgan fingerprint density at radius 1 is 1.53 bits per heavy atom. The maximum absolute atomic E-state index is 11.7. The first-order valence-corrected chi connectivity index (χ1v) is 5.88. The molecule has 0 bridgehead atoms. The molecule has 1 heterocycles. The third-order valence-electron chi connectivity index (χ3n) is 2.57. The fraction of sp³-hybridized carbons (Fsp3) is 0.727. The van der Waals surface area contributed by atoms with Crippen LogP contribution in [0.4, 0.5) is 0 Å². The first-order valence-electron chi connectivity index (χ1n) is 5.88. The smallest absolute Gasteiger partial charge is 0.223 e. The van der Waals surface area contributed by atoms with Crippen molar-refractivity contribution >= 4 is 5.91 Å². The van der Waals surface area contributed by atoms with Gasteiger partial charge >= 0.3 is 0 Å². The van der Waals surface area contributed by atoms with Crippen LogP contribution in [0.1, 0.15) is 38.9 Å². The molecule has 6 heteroatoms. The highest BCUT2D eigenvalue weighted by molar-refractivity contribution is 5.78. The van der Waals surface area contributed by atoms with Crippen molar-refractivity contribution in [3.05, 3.63) is 12.2 Å². The summed E-state index contributed by atoms with van der Waals surface area (Å²) in [7, 11) is 0. The number of nitrogens with zero attached hydrogens (tertiary/aromatic N) is 2. The van der Waals surface area contributed by atoms with Crippen molar-refractivity contribution in [1.29, 1.82) is 0 Å². The summed E-state index contributed by atoms with van der Waals surface area (Å²) in [5, 5.41) is 6.38. The molecule has 0 spiro atoms. The Kier molecular flexibility index (Phi) is 5.62. The van der Waals surface area contributed by atoms with Gasteiger partial charge in [-0.25, -0.2) is 0 Å². The molecule has 3 N–H and O–H groups in total. The van der Waals surface area contributed by atoms with E-state index in [0.29, 0.717) is 12.4 Å². The Morgan fingerprint density at radius 3 is 2.88 bits per heavy atom. The van der Waals surface area contributed by atoms with Gasteiger partial charge in [-0.15, -0.1) is 0 Å². The standard InChI is InChI=1S/C11H20N4O2/c1-8(4-3-5-9(2)12)11(16)13-6-10-14-7-17-15-10/h7-9H,3-6,12H2,1-2H3,(H,13,16). The van der Waals surface area contributed by atoms with Crippen LogP contribution in [0.25, 0.3) is 0 Å². The number of nitrogens with one attached hydrogen (secondary N) is 1. The molecular weight excluding hydrogens is 220 g/mol. The van der Waals surface area contributed by atoms with Crippen LogP contribution in [0.2, 0.25) is 0 Å². The van der Waals surface area contributed by atoms with Gasteiger partial charge in [0.15, 0.2) is 5.82 Å². The van der Waals surface area contributed by atoms with Gasteiger partial charge < -0.3 is 15.6 Å². The quantitative estimate of drug-likeness (QED) is 0.736. The Hall–Kier alpha value is -1.43. The monoisotopic (exact) mass is 240 g/mol. The van der Waals surface area contributed by atoms with Crippen LogP contribution in [0.3, 0.4) is 0 Å². The van der Waals surface area contributed by atoms with Crippen molar-refractivity contribution in [2.24, 2.45) is 11.7 Å². The molecule has 1 aromatic heterocycles. The fourth-order valence-electron chi connectivity index (χ4n) is 1.49. The van der Waals surface area contributed by atoms with Crippen molar-refractivity contribution in [1.82, 2.24) is 15.5 Å². The van der Waals surface area contributed by atoms with E-state index in [-0.39, 0.29) is 17.9 Å². The van der Waals surface area contributed by atoms with Crippen molar-refractivity contribution in [3.63, 3.8) is 0 Å². The van der Waals surface area contributed by atoms with Gasteiger partial charge in [-0.1, -0.05) is 18.5 Å². The summed E-state index contributed by atoms with van der Waals surface area (Å²) < 4.78 is 4.57. The van der Waals surface area contributed by atoms with Gasteiger partial charge in [0.2, 0.25) is 12.3 Å². The van der Waals surface area contributed by atoms with Gasteiger partial charge in [-0.05, 0) is 19.8 Å². The van der Waals surface area contributed by atoms with Crippen LogP contribution in [0.15, 0.2) is 10.9 Å². The minimum Gasteiger partial charge on any atom is -0.348 e. The normalized spacial score (nSPS) is 14.3. The zero-order chi connectivity index (χ0) is 12.7. The summed E-state index contributed by atoms with van der Waals surface area (Å²) >= 11 is 0. The number of hydrogen-bond acceptors (Lipinski definition) is 5. The molecule has 0 fully saturated rings. The second-order valence-corrected chi connectivity index (χ2v) is 4.37. The lowest BCUT2D eigenvalue weighted by Crippen LogP contribution is -2.29. The molecule has 0 radical (unpaired) electrons. The maximum atomic E-state index is 11.7. The second-order valence-electron chi connectivity index (χ2n) is 4.37. The molecular formula is C11H20N4O2. The molecule has 6 nitrogen and oxygen atoms in total. The van der Waals surface area contributed by atoms with Crippen molar-refractivity contribution in [2.75, 3.05) is 0 Å². The van der Waals surface area contributed by atoms with Crippen molar-refractivity contribution < 1.29 is 9.32 Å². The van der Waals surface area contributed by atoms with E-state index in [1.54, 1.807) is 0 Å². The van der Waals surface area contributed by atoms with Crippen molar-refractivity contribution in [3.8, 4) is 0 Å². The molecule has 2 unspecified atom stereocenters. The molecule has 2 atom stereocenters. The summed E-state index contributed by atoms with van der Waals surface area (Å²) in [6.45, 7) is 4.20. The van der Waals surface area contributed by atoms with E-state index >= 15 is 0 Å². The molecule has 1 aromatic rings. The molecule has 1 rings (SSSR count). The Morgan fingerprint density at radius 2 is 2.29 bits per heavy atom. The molecule has 0 saturated carbocycles. The minimum absolute atomic E-state index is 0.0133. The Bertz CT molecular complexity index is 324. The lowest BCUT2D eigenvalue weighted by Gasteiger charge is -2.11. The van der Waals surface area contributed by atoms with E-state index in [4.69, 9.17) is 5.73 Å². The number of nitrogens with two attached hydrogens (primary N) is 1. The number of aromatic nitrogens is 2. The molecule has 0 aliphatic rings. The topological polar surface area (TPSA) is 94.0 Å². The predicted octanol–water partition coefficient (Wildman–Crippen LogP) is 0.839. The average Bonchev–Trinajstić information content (AvgIpc) is 2.78. The molecule has 0 aromatic carbocycles. The van der Waals surface area contributed by atoms with Gasteiger partial charge in [0.25, 0.3) is 0 Å². The van der Waals surface area contributed by atoms with Gasteiger partial charge in [0, 0.05) is 12.0 Å². The molecule has 1 amide bonds. The van der Waals surface area contributed by atoms with Gasteiger partial charge in [-0.2, -0.15) is 4.98 Å². The third kappa shape index (κ3) is 5.44. The lowest BCUT2D eigenvalue weighted by molar-refractivity contribution is -0.124. The SMILES string of the molecule is CC(N)CCCC(C)C(=O)NCc1ncon1. The number of carbonyl (C=O) groups excluding carboxylic acids is 1. The van der Waals surface area contributed by atoms with Gasteiger partial charge in [-0.3, -0.25) is 4.79 Å². The number of hydrogen-bond donors (Lipinski definition) is 2. The van der Waals surface area contributed by atoms with E-state index in [1.807, 2.05) is 13.8 Å². The van der Waals surface area contributed by atoms with E-state index in [9.17, 15) is 4.79 Å². The average molecular weight is 240 g/mol. The molecule has 0 saturated heterocycles. The summed E-state index contributed by atoms with van der Waals surface area (Å²) in [5.74, 6) is 0.487. The molecule has 0 aliphatic carbocycles. The summed E-state index contributed by atoms with van der Waals surface area (Å²) in [5.41, 5.74) is 5.65. The van der Waals surface area contributed by atoms with Crippen LogP contribution >= 0.6 is 0 Å². The van der Waals surface area contributed by atoms with Gasteiger partial charge in [0.05, 0.1) is 6.54 Å². The second kappa shape index (κ2) is 7.01. The number of carbonyl (C=O) groups is 1. The first-order chi connectivity index (χ1) is 8.09. The number of amides is 1. The van der Waals surface area contributed by atoms with E-state index in [0.717, 1.165) is 19.3 Å². The van der Waals surface area contributed by atoms with E-state index < -0.39 is 0 Å². The third-order valence-corrected chi connectivity index (χ3v) is 2.57. The van der Waals surface area contributed by atoms with Gasteiger partial charge in [0.1, 0.15) is 0 Å². The highest BCUT2D eigenvalue weighted by atomic mass is 16.5. The van der Waals surface area contributed by atoms with E-state index in [2.05, 4.69) is 20.0 Å². The highest BCUT2D eigenvalue weighted by Gasteiger charge is 2.13. The summed E-state index contributed by atoms with van der Waals surface area (Å²) in [6.07, 6.45) is 4.00. The van der Waals surface area contributed by atoms with Crippen molar-refractivity contribution in [2.45, 2.75) is 45.7 Å². The van der Waals surface area contributed by atoms with Crippen LogP contribution < -0.4 is 11.1 Å². The largest absolute Gasteiger partial charge is 0.348 e. The fourth-order valence-corrected chi connectivity index (χ4v) is 1.49. The summed E-state index contributed by atoms with van der Waals surface area (Å²) in [4.78, 5) is 15.5. The predicted molar refractivity (Wildman–Crippen MR) is 62.8 cm³/mol. The van der Waals surface area contributed by atoms with Crippen LogP contribution in [0.5, 0.6) is 0 Å². The Labute approximate surface area is 101 Å². The zero-order valence-corrected chi connectivity index (χ0v) is 10.3. The lowest BCUT2D eigenvalue weighted by atomic mass is 10.0. The zero-order valence-electron chi connectivity index (χ0n) is 10.3. The Balaban J connectivity index is 2.18. The van der Waals surface area contributed by atoms with Crippen LogP contribution in [-0.4, -0.2) is 22.1 Å². The summed E-state index contributed by atoms with van der Waals surface area (Å²) in [6, 6.07) is 0.199. The van der Waals surface area contributed by atoms with Crippen LogP contribution in [-0.2, 0) is 11.3 Å². The van der Waals surface area contributed by atoms with E-state index in [1.165, 1.54) is 6.39 Å². The maximum Gasteiger partial charge on any atom is 0.223 e. The molecule has 96 valence electrons. The number of rotatable bonds is 7. The first kappa shape index (κ1) is 13.6. The molecule has 0 aliphatic heterocycles. The minimum atomic E-state index is -0.0133. The van der Waals surface area contributed by atoms with Crippen LogP contribution in [0, 0.1) is 5.92 Å².